The van der Waals surface area contributed by atoms with Crippen molar-refractivity contribution in [1.29, 1.82) is 0 Å². The van der Waals surface area contributed by atoms with Gasteiger partial charge in [-0.2, -0.15) is 5.48 Å². The second-order valence-corrected chi connectivity index (χ2v) is 2.55. The summed E-state index contributed by atoms with van der Waals surface area (Å²) in [5.41, 5.74) is 2.89. The molecule has 4 nitrogen and oxygen atoms in total. The standard InChI is InChI=1S/C7H16N2O2/c1-2-4-11-9-7-6-10-5-3-8-7/h7-9H,2-6H2,1H3. The molecule has 1 aliphatic rings. The summed E-state index contributed by atoms with van der Waals surface area (Å²) < 4.78 is 5.21. The normalized spacial score (nSPS) is 25.4. The third kappa shape index (κ3) is 3.67. The molecule has 1 saturated heterocycles. The average Bonchev–Trinajstić information content (AvgIpc) is 2.07. The Balaban J connectivity index is 1.96. The van der Waals surface area contributed by atoms with Crippen LogP contribution in [-0.2, 0) is 9.57 Å². The maximum absolute atomic E-state index is 5.21. The van der Waals surface area contributed by atoms with Crippen LogP contribution in [0.15, 0.2) is 0 Å². The van der Waals surface area contributed by atoms with Gasteiger partial charge in [0, 0.05) is 6.54 Å². The van der Waals surface area contributed by atoms with E-state index in [0.29, 0.717) is 6.61 Å². The molecule has 1 fully saturated rings. The lowest BCUT2D eigenvalue weighted by molar-refractivity contribution is -0.0385. The van der Waals surface area contributed by atoms with Gasteiger partial charge in [-0.3, -0.25) is 5.32 Å². The Kier molecular flexibility index (Phi) is 4.45. The first-order valence-electron chi connectivity index (χ1n) is 4.12. The highest BCUT2D eigenvalue weighted by Crippen LogP contribution is 1.88. The Labute approximate surface area is 67.2 Å². The van der Waals surface area contributed by atoms with Gasteiger partial charge in [-0.1, -0.05) is 6.92 Å². The number of hydroxylamine groups is 1. The predicted molar refractivity (Wildman–Crippen MR) is 42.0 cm³/mol. The summed E-state index contributed by atoms with van der Waals surface area (Å²) in [6, 6.07) is 0. The molecule has 1 heterocycles. The van der Waals surface area contributed by atoms with Crippen molar-refractivity contribution in [3.63, 3.8) is 0 Å². The van der Waals surface area contributed by atoms with Crippen LogP contribution in [0.2, 0.25) is 0 Å². The lowest BCUT2D eigenvalue weighted by Crippen LogP contribution is -2.50. The molecule has 0 bridgehead atoms. The number of rotatable bonds is 4. The highest BCUT2D eigenvalue weighted by Gasteiger charge is 2.11. The smallest absolute Gasteiger partial charge is 0.105 e. The Morgan fingerprint density at radius 2 is 2.64 bits per heavy atom. The van der Waals surface area contributed by atoms with Crippen molar-refractivity contribution in [2.24, 2.45) is 0 Å². The van der Waals surface area contributed by atoms with Gasteiger partial charge in [0.2, 0.25) is 0 Å². The van der Waals surface area contributed by atoms with Crippen molar-refractivity contribution in [3.05, 3.63) is 0 Å². The summed E-state index contributed by atoms with van der Waals surface area (Å²) in [6.45, 7) is 5.20. The largest absolute Gasteiger partial charge is 0.377 e. The van der Waals surface area contributed by atoms with Crippen LogP contribution in [0.1, 0.15) is 13.3 Å². The molecule has 66 valence electrons. The van der Waals surface area contributed by atoms with Crippen LogP contribution >= 0.6 is 0 Å². The number of ether oxygens (including phenoxy) is 1. The average molecular weight is 160 g/mol. The van der Waals surface area contributed by atoms with Crippen LogP contribution in [0, 0.1) is 0 Å². The van der Waals surface area contributed by atoms with Gasteiger partial charge in [-0.25, -0.2) is 0 Å². The highest BCUT2D eigenvalue weighted by molar-refractivity contribution is 4.62. The first-order valence-corrected chi connectivity index (χ1v) is 4.12. The Morgan fingerprint density at radius 3 is 3.27 bits per heavy atom. The maximum atomic E-state index is 5.21. The zero-order valence-corrected chi connectivity index (χ0v) is 6.93. The van der Waals surface area contributed by atoms with Crippen molar-refractivity contribution < 1.29 is 9.57 Å². The third-order valence-corrected chi connectivity index (χ3v) is 1.45. The zero-order valence-electron chi connectivity index (χ0n) is 6.93. The van der Waals surface area contributed by atoms with Crippen molar-refractivity contribution in [1.82, 2.24) is 10.8 Å². The number of nitrogens with one attached hydrogen (secondary N) is 2. The van der Waals surface area contributed by atoms with E-state index in [4.69, 9.17) is 9.57 Å². The molecule has 0 aromatic carbocycles. The van der Waals surface area contributed by atoms with E-state index < -0.39 is 0 Å². The Hall–Kier alpha value is -0.160. The molecule has 1 atom stereocenters. The van der Waals surface area contributed by atoms with Gasteiger partial charge in [0.25, 0.3) is 0 Å². The van der Waals surface area contributed by atoms with Crippen molar-refractivity contribution >= 4 is 0 Å². The first kappa shape index (κ1) is 8.93. The molecule has 1 aliphatic heterocycles. The van der Waals surface area contributed by atoms with Crippen molar-refractivity contribution in [3.8, 4) is 0 Å². The molecule has 0 saturated carbocycles. The summed E-state index contributed by atoms with van der Waals surface area (Å²) in [4.78, 5) is 5.13. The highest BCUT2D eigenvalue weighted by atomic mass is 16.6. The molecule has 0 spiro atoms. The van der Waals surface area contributed by atoms with Crippen LogP contribution in [-0.4, -0.2) is 32.5 Å². The SMILES string of the molecule is CCCONC1COCCN1. The summed E-state index contributed by atoms with van der Waals surface area (Å²) in [5.74, 6) is 0. The van der Waals surface area contributed by atoms with E-state index >= 15 is 0 Å². The van der Waals surface area contributed by atoms with Crippen LogP contribution in [0.3, 0.4) is 0 Å². The van der Waals surface area contributed by atoms with Crippen molar-refractivity contribution in [2.45, 2.75) is 19.5 Å². The van der Waals surface area contributed by atoms with E-state index in [-0.39, 0.29) is 6.17 Å². The molecular formula is C7H16N2O2. The molecule has 0 radical (unpaired) electrons. The maximum Gasteiger partial charge on any atom is 0.105 e. The van der Waals surface area contributed by atoms with E-state index in [1.54, 1.807) is 0 Å². The molecule has 11 heavy (non-hydrogen) atoms. The molecule has 0 aromatic rings. The minimum atomic E-state index is 0.162. The molecule has 0 amide bonds. The van der Waals surface area contributed by atoms with Gasteiger partial charge >= 0.3 is 0 Å². The molecular weight excluding hydrogens is 144 g/mol. The van der Waals surface area contributed by atoms with E-state index in [1.807, 2.05) is 0 Å². The molecule has 4 heteroatoms. The van der Waals surface area contributed by atoms with Crippen LogP contribution < -0.4 is 10.8 Å². The predicted octanol–water partition coefficient (Wildman–Crippen LogP) is -0.136. The minimum Gasteiger partial charge on any atom is -0.377 e. The van der Waals surface area contributed by atoms with Gasteiger partial charge in [-0.15, -0.1) is 0 Å². The number of morpholine rings is 1. The fourth-order valence-corrected chi connectivity index (χ4v) is 0.903. The summed E-state index contributed by atoms with van der Waals surface area (Å²) in [6.07, 6.45) is 1.19. The van der Waals surface area contributed by atoms with Crippen molar-refractivity contribution in [2.75, 3.05) is 26.4 Å². The first-order chi connectivity index (χ1) is 5.43. The van der Waals surface area contributed by atoms with E-state index in [1.165, 1.54) is 0 Å². The van der Waals surface area contributed by atoms with E-state index in [2.05, 4.69) is 17.7 Å². The van der Waals surface area contributed by atoms with Crippen LogP contribution in [0.4, 0.5) is 0 Å². The summed E-state index contributed by atoms with van der Waals surface area (Å²) in [7, 11) is 0. The molecule has 1 rings (SSSR count). The van der Waals surface area contributed by atoms with Gasteiger partial charge in [0.05, 0.1) is 19.8 Å². The molecule has 0 aromatic heterocycles. The Bertz CT molecular complexity index is 94.4. The second kappa shape index (κ2) is 5.49. The summed E-state index contributed by atoms with van der Waals surface area (Å²) in [5, 5.41) is 3.22. The zero-order chi connectivity index (χ0) is 7.94. The lowest BCUT2D eigenvalue weighted by atomic mass is 10.4. The lowest BCUT2D eigenvalue weighted by Gasteiger charge is -2.24. The number of hydrogen-bond acceptors (Lipinski definition) is 4. The van der Waals surface area contributed by atoms with Crippen LogP contribution in [0.25, 0.3) is 0 Å². The quantitative estimate of drug-likeness (QED) is 0.444. The van der Waals surface area contributed by atoms with Gasteiger partial charge in [0.1, 0.15) is 6.17 Å². The fourth-order valence-electron chi connectivity index (χ4n) is 0.903. The van der Waals surface area contributed by atoms with E-state index in [9.17, 15) is 0 Å². The minimum absolute atomic E-state index is 0.162. The Morgan fingerprint density at radius 1 is 1.73 bits per heavy atom. The van der Waals surface area contributed by atoms with Crippen LogP contribution in [0.5, 0.6) is 0 Å². The van der Waals surface area contributed by atoms with Gasteiger partial charge in [0.15, 0.2) is 0 Å². The molecule has 0 aliphatic carbocycles. The third-order valence-electron chi connectivity index (χ3n) is 1.45. The topological polar surface area (TPSA) is 42.5 Å². The molecule has 2 N–H and O–H groups in total. The molecule has 1 unspecified atom stereocenters. The number of hydrogen-bond donors (Lipinski definition) is 2. The second-order valence-electron chi connectivity index (χ2n) is 2.55. The van der Waals surface area contributed by atoms with Gasteiger partial charge in [-0.05, 0) is 6.42 Å². The van der Waals surface area contributed by atoms with E-state index in [0.717, 1.165) is 26.2 Å². The summed E-state index contributed by atoms with van der Waals surface area (Å²) >= 11 is 0. The van der Waals surface area contributed by atoms with Gasteiger partial charge < -0.3 is 9.57 Å². The monoisotopic (exact) mass is 160 g/mol. The fraction of sp³-hybridized carbons (Fsp3) is 1.00.